The highest BCUT2D eigenvalue weighted by Gasteiger charge is 2.16. The van der Waals surface area contributed by atoms with E-state index in [0.29, 0.717) is 11.3 Å². The predicted octanol–water partition coefficient (Wildman–Crippen LogP) is 3.74. The number of amides is 1. The Morgan fingerprint density at radius 2 is 1.83 bits per heavy atom. The van der Waals surface area contributed by atoms with Gasteiger partial charge in [-0.05, 0) is 25.1 Å². The third-order valence-electron chi connectivity index (χ3n) is 5.13. The molecule has 0 aliphatic heterocycles. The van der Waals surface area contributed by atoms with Gasteiger partial charge in [-0.3, -0.25) is 9.59 Å². The third-order valence-corrected chi connectivity index (χ3v) is 5.13. The molecule has 0 aliphatic rings. The van der Waals surface area contributed by atoms with Gasteiger partial charge in [0.2, 0.25) is 11.7 Å². The van der Waals surface area contributed by atoms with Gasteiger partial charge < -0.3 is 9.55 Å². The summed E-state index contributed by atoms with van der Waals surface area (Å²) in [4.78, 5) is 28.2. The molecule has 0 radical (unpaired) electrons. The molecule has 1 amide bonds. The van der Waals surface area contributed by atoms with Crippen LogP contribution in [0.15, 0.2) is 72.0 Å². The summed E-state index contributed by atoms with van der Waals surface area (Å²) in [5.41, 5.74) is 7.48. The maximum atomic E-state index is 12.7. The molecule has 0 bridgehead atoms. The third kappa shape index (κ3) is 3.93. The number of aromatic amines is 1. The molecule has 0 aliphatic carbocycles. The van der Waals surface area contributed by atoms with Crippen molar-refractivity contribution in [2.45, 2.75) is 13.3 Å². The second-order valence-electron chi connectivity index (χ2n) is 7.22. The lowest BCUT2D eigenvalue weighted by molar-refractivity contribution is -0.120. The maximum absolute atomic E-state index is 12.7. The van der Waals surface area contributed by atoms with E-state index in [1.165, 1.54) is 0 Å². The highest BCUT2D eigenvalue weighted by Crippen LogP contribution is 2.16. The Kier molecular flexibility index (Phi) is 5.30. The van der Waals surface area contributed by atoms with Crippen molar-refractivity contribution in [3.8, 4) is 0 Å². The quantitative estimate of drug-likeness (QED) is 0.295. The minimum absolute atomic E-state index is 0.0680. The van der Waals surface area contributed by atoms with Crippen molar-refractivity contribution in [2.24, 2.45) is 12.1 Å². The highest BCUT2D eigenvalue weighted by atomic mass is 16.2. The fourth-order valence-electron chi connectivity index (χ4n) is 3.39. The number of hydrogen-bond acceptors (Lipinski definition) is 3. The standard InChI is InChI=1S/C24H22N4O2/c1-16-7-9-17(10-8-16)24(30)22-12-11-19(28(22)2)13-23(29)27-26-15-18-14-25-21-6-4-3-5-20(18)21/h3-12,14-15,25H,13H2,1-2H3,(H,27,29)/b26-15+. The summed E-state index contributed by atoms with van der Waals surface area (Å²) in [6.45, 7) is 1.98. The van der Waals surface area contributed by atoms with Crippen molar-refractivity contribution >= 4 is 28.8 Å². The average Bonchev–Trinajstić information content (AvgIpc) is 3.32. The number of aryl methyl sites for hydroxylation is 1. The molecule has 0 atom stereocenters. The minimum Gasteiger partial charge on any atom is -0.361 e. The summed E-state index contributed by atoms with van der Waals surface area (Å²) in [5.74, 6) is -0.317. The lowest BCUT2D eigenvalue weighted by Crippen LogP contribution is -2.21. The number of rotatable bonds is 6. The molecule has 0 fully saturated rings. The first-order valence-electron chi connectivity index (χ1n) is 9.67. The maximum Gasteiger partial charge on any atom is 0.245 e. The van der Waals surface area contributed by atoms with Crippen LogP contribution in [0.2, 0.25) is 0 Å². The largest absolute Gasteiger partial charge is 0.361 e. The zero-order chi connectivity index (χ0) is 21.1. The second kappa shape index (κ2) is 8.21. The monoisotopic (exact) mass is 398 g/mol. The predicted molar refractivity (Wildman–Crippen MR) is 118 cm³/mol. The number of aromatic nitrogens is 2. The first-order chi connectivity index (χ1) is 14.5. The van der Waals surface area contributed by atoms with Crippen molar-refractivity contribution in [3.63, 3.8) is 0 Å². The summed E-state index contributed by atoms with van der Waals surface area (Å²) in [6.07, 6.45) is 3.59. The van der Waals surface area contributed by atoms with Gasteiger partial charge >= 0.3 is 0 Å². The van der Waals surface area contributed by atoms with Gasteiger partial charge in [-0.15, -0.1) is 0 Å². The van der Waals surface area contributed by atoms with E-state index in [9.17, 15) is 9.59 Å². The van der Waals surface area contributed by atoms with Gasteiger partial charge in [-0.25, -0.2) is 5.43 Å². The topological polar surface area (TPSA) is 79.2 Å². The number of benzene rings is 2. The molecular formula is C24H22N4O2. The number of carbonyl (C=O) groups is 2. The molecule has 30 heavy (non-hydrogen) atoms. The van der Waals surface area contributed by atoms with Crippen LogP contribution in [0.25, 0.3) is 10.9 Å². The van der Waals surface area contributed by atoms with Gasteiger partial charge in [0.15, 0.2) is 0 Å². The van der Waals surface area contributed by atoms with Crippen LogP contribution in [0.4, 0.5) is 0 Å². The molecular weight excluding hydrogens is 376 g/mol. The van der Waals surface area contributed by atoms with Crippen molar-refractivity contribution in [3.05, 3.63) is 94.9 Å². The van der Waals surface area contributed by atoms with Crippen LogP contribution in [0.1, 0.15) is 32.9 Å². The van der Waals surface area contributed by atoms with Crippen LogP contribution >= 0.6 is 0 Å². The molecule has 6 nitrogen and oxygen atoms in total. The Bertz CT molecular complexity index is 1250. The summed E-state index contributed by atoms with van der Waals surface area (Å²) < 4.78 is 1.76. The van der Waals surface area contributed by atoms with Gasteiger partial charge in [0.1, 0.15) is 0 Å². The number of carbonyl (C=O) groups excluding carboxylic acids is 2. The van der Waals surface area contributed by atoms with E-state index in [-0.39, 0.29) is 18.1 Å². The molecule has 2 heterocycles. The number of nitrogens with zero attached hydrogens (tertiary/aromatic N) is 2. The Balaban J connectivity index is 1.41. The minimum atomic E-state index is -0.248. The number of hydrogen-bond donors (Lipinski definition) is 2. The van der Waals surface area contributed by atoms with E-state index < -0.39 is 0 Å². The summed E-state index contributed by atoms with van der Waals surface area (Å²) in [5, 5.41) is 5.11. The lowest BCUT2D eigenvalue weighted by atomic mass is 10.1. The molecule has 2 aromatic heterocycles. The molecule has 2 N–H and O–H groups in total. The number of hydrazone groups is 1. The van der Waals surface area contributed by atoms with Gasteiger partial charge in [0.05, 0.1) is 18.3 Å². The zero-order valence-electron chi connectivity index (χ0n) is 16.8. The molecule has 0 spiro atoms. The number of nitrogens with one attached hydrogen (secondary N) is 2. The van der Waals surface area contributed by atoms with Crippen LogP contribution in [0.3, 0.4) is 0 Å². The molecule has 0 saturated heterocycles. The summed E-state index contributed by atoms with van der Waals surface area (Å²) in [6, 6.07) is 18.9. The van der Waals surface area contributed by atoms with Crippen molar-refractivity contribution in [2.75, 3.05) is 0 Å². The molecule has 0 unspecified atom stereocenters. The van der Waals surface area contributed by atoms with Gasteiger partial charge in [-0.2, -0.15) is 5.10 Å². The van der Waals surface area contributed by atoms with Gasteiger partial charge in [0.25, 0.3) is 0 Å². The van der Waals surface area contributed by atoms with E-state index in [1.54, 1.807) is 30.0 Å². The first kappa shape index (κ1) is 19.4. The van der Waals surface area contributed by atoms with Crippen LogP contribution < -0.4 is 5.43 Å². The summed E-state index contributed by atoms with van der Waals surface area (Å²) >= 11 is 0. The van der Waals surface area contributed by atoms with E-state index >= 15 is 0 Å². The van der Waals surface area contributed by atoms with Crippen LogP contribution in [0.5, 0.6) is 0 Å². The van der Waals surface area contributed by atoms with Crippen LogP contribution in [0, 0.1) is 6.92 Å². The smallest absolute Gasteiger partial charge is 0.245 e. The normalized spacial score (nSPS) is 11.3. The number of H-pyrrole nitrogens is 1. The lowest BCUT2D eigenvalue weighted by Gasteiger charge is -2.07. The van der Waals surface area contributed by atoms with E-state index in [1.807, 2.05) is 61.7 Å². The Morgan fingerprint density at radius 3 is 2.63 bits per heavy atom. The zero-order valence-corrected chi connectivity index (χ0v) is 16.8. The van der Waals surface area contributed by atoms with Gasteiger partial charge in [0, 0.05) is 41.0 Å². The Labute approximate surface area is 174 Å². The second-order valence-corrected chi connectivity index (χ2v) is 7.22. The van der Waals surface area contributed by atoms with Crippen LogP contribution in [-0.2, 0) is 18.3 Å². The SMILES string of the molecule is Cc1ccc(C(=O)c2ccc(CC(=O)N/N=C/c3c[nH]c4ccccc34)n2C)cc1. The van der Waals surface area contributed by atoms with Crippen molar-refractivity contribution in [1.82, 2.24) is 15.0 Å². The first-order valence-corrected chi connectivity index (χ1v) is 9.67. The van der Waals surface area contributed by atoms with Crippen LogP contribution in [-0.4, -0.2) is 27.5 Å². The average molecular weight is 398 g/mol. The fourth-order valence-corrected chi connectivity index (χ4v) is 3.39. The molecule has 4 rings (SSSR count). The molecule has 150 valence electrons. The number of para-hydroxylation sites is 1. The molecule has 4 aromatic rings. The fraction of sp³-hybridized carbons (Fsp3) is 0.125. The van der Waals surface area contributed by atoms with Crippen molar-refractivity contribution in [1.29, 1.82) is 0 Å². The number of ketones is 1. The van der Waals surface area contributed by atoms with E-state index in [0.717, 1.165) is 27.7 Å². The Morgan fingerprint density at radius 1 is 1.07 bits per heavy atom. The van der Waals surface area contributed by atoms with E-state index in [2.05, 4.69) is 15.5 Å². The summed E-state index contributed by atoms with van der Waals surface area (Å²) in [7, 11) is 1.79. The van der Waals surface area contributed by atoms with Gasteiger partial charge in [-0.1, -0.05) is 48.0 Å². The van der Waals surface area contributed by atoms with Crippen molar-refractivity contribution < 1.29 is 9.59 Å². The highest BCUT2D eigenvalue weighted by molar-refractivity contribution is 6.08. The molecule has 2 aromatic carbocycles. The molecule has 6 heteroatoms. The van der Waals surface area contributed by atoms with E-state index in [4.69, 9.17) is 0 Å². The number of fused-ring (bicyclic) bond motifs is 1. The molecule has 0 saturated carbocycles. The Hall–Kier alpha value is -3.93.